The van der Waals surface area contributed by atoms with E-state index >= 15 is 0 Å². The largest absolute Gasteiger partial charge is 0.494 e. The molecule has 0 aliphatic rings. The molecule has 3 nitrogen and oxygen atoms in total. The van der Waals surface area contributed by atoms with E-state index in [1.54, 1.807) is 6.07 Å². The monoisotopic (exact) mass is 192 g/mol. The first kappa shape index (κ1) is 10.1. The highest BCUT2D eigenvalue weighted by atomic mass is 19.1. The zero-order valence-electron chi connectivity index (χ0n) is 7.62. The van der Waals surface area contributed by atoms with Crippen molar-refractivity contribution >= 4 is 5.70 Å². The molecule has 0 saturated heterocycles. The zero-order chi connectivity index (χ0) is 10.6. The molecule has 14 heavy (non-hydrogen) atoms. The number of rotatable bonds is 2. The number of nitrogens with zero attached hydrogens (tertiary/aromatic N) is 1. The Kier molecular flexibility index (Phi) is 3.08. The Bertz CT molecular complexity index is 407. The normalized spacial score (nSPS) is 10.8. The number of allylic oxidation sites excluding steroid dienone is 1. The fourth-order valence-electron chi connectivity index (χ4n) is 0.992. The molecule has 0 spiro atoms. The summed E-state index contributed by atoms with van der Waals surface area (Å²) in [4.78, 5) is 0. The van der Waals surface area contributed by atoms with E-state index in [0.29, 0.717) is 5.56 Å². The van der Waals surface area contributed by atoms with Crippen molar-refractivity contribution in [2.24, 2.45) is 5.73 Å². The number of methoxy groups -OCH3 is 1. The fourth-order valence-corrected chi connectivity index (χ4v) is 0.992. The number of nitrogens with two attached hydrogens (primary N) is 1. The molecule has 4 heteroatoms. The molecule has 0 amide bonds. The van der Waals surface area contributed by atoms with E-state index in [0.717, 1.165) is 0 Å². The topological polar surface area (TPSA) is 59.0 Å². The lowest BCUT2D eigenvalue weighted by molar-refractivity contribution is 0.386. The summed E-state index contributed by atoms with van der Waals surface area (Å²) in [6.45, 7) is 0. The minimum Gasteiger partial charge on any atom is -0.494 e. The first-order valence-corrected chi connectivity index (χ1v) is 3.88. The lowest BCUT2D eigenvalue weighted by Crippen LogP contribution is -1.97. The van der Waals surface area contributed by atoms with Crippen LogP contribution in [0.3, 0.4) is 0 Å². The number of hydrogen-bond acceptors (Lipinski definition) is 3. The molecule has 0 aromatic heterocycles. The molecule has 1 rings (SSSR count). The first-order chi connectivity index (χ1) is 6.69. The lowest BCUT2D eigenvalue weighted by atomic mass is 10.1. The molecule has 0 aliphatic carbocycles. The molecule has 2 N–H and O–H groups in total. The van der Waals surface area contributed by atoms with E-state index in [1.807, 2.05) is 0 Å². The molecule has 0 bridgehead atoms. The predicted molar refractivity (Wildman–Crippen MR) is 50.7 cm³/mol. The van der Waals surface area contributed by atoms with Gasteiger partial charge in [0.2, 0.25) is 0 Å². The van der Waals surface area contributed by atoms with Crippen LogP contribution in [0.4, 0.5) is 4.39 Å². The Hall–Kier alpha value is -2.02. The van der Waals surface area contributed by atoms with Gasteiger partial charge in [0.1, 0.15) is 0 Å². The summed E-state index contributed by atoms with van der Waals surface area (Å²) >= 11 is 0. The maximum atomic E-state index is 13.0. The van der Waals surface area contributed by atoms with Crippen LogP contribution in [-0.2, 0) is 0 Å². The molecule has 72 valence electrons. The summed E-state index contributed by atoms with van der Waals surface area (Å²) in [5, 5.41) is 8.37. The number of halogens is 1. The van der Waals surface area contributed by atoms with E-state index in [1.165, 1.54) is 31.4 Å². The molecule has 0 radical (unpaired) electrons. The van der Waals surface area contributed by atoms with Crippen LogP contribution in [0.5, 0.6) is 5.75 Å². The van der Waals surface area contributed by atoms with Crippen molar-refractivity contribution in [3.63, 3.8) is 0 Å². The van der Waals surface area contributed by atoms with Crippen molar-refractivity contribution in [3.8, 4) is 11.8 Å². The zero-order valence-corrected chi connectivity index (χ0v) is 7.62. The highest BCUT2D eigenvalue weighted by Crippen LogP contribution is 2.20. The van der Waals surface area contributed by atoms with E-state index in [-0.39, 0.29) is 11.4 Å². The van der Waals surface area contributed by atoms with Crippen molar-refractivity contribution in [2.75, 3.05) is 7.11 Å². The van der Waals surface area contributed by atoms with Gasteiger partial charge < -0.3 is 10.5 Å². The van der Waals surface area contributed by atoms with Crippen LogP contribution < -0.4 is 10.5 Å². The van der Waals surface area contributed by atoms with Crippen LogP contribution in [0, 0.1) is 17.1 Å². The molecule has 0 saturated carbocycles. The molecule has 0 atom stereocenters. The minimum absolute atomic E-state index is 0.108. The quantitative estimate of drug-likeness (QED) is 0.725. The van der Waals surface area contributed by atoms with Crippen LogP contribution >= 0.6 is 0 Å². The number of nitriles is 1. The predicted octanol–water partition coefficient (Wildman–Crippen LogP) is 1.66. The molecule has 0 fully saturated rings. The van der Waals surface area contributed by atoms with Gasteiger partial charge in [-0.15, -0.1) is 0 Å². The summed E-state index contributed by atoms with van der Waals surface area (Å²) in [7, 11) is 1.37. The summed E-state index contributed by atoms with van der Waals surface area (Å²) in [5.41, 5.74) is 6.38. The van der Waals surface area contributed by atoms with Crippen molar-refractivity contribution in [1.29, 1.82) is 5.26 Å². The van der Waals surface area contributed by atoms with Gasteiger partial charge in [0.25, 0.3) is 0 Å². The van der Waals surface area contributed by atoms with Gasteiger partial charge in [-0.2, -0.15) is 5.26 Å². The van der Waals surface area contributed by atoms with Crippen molar-refractivity contribution in [2.45, 2.75) is 0 Å². The van der Waals surface area contributed by atoms with E-state index in [9.17, 15) is 4.39 Å². The van der Waals surface area contributed by atoms with Crippen molar-refractivity contribution in [1.82, 2.24) is 0 Å². The molecular formula is C10H9FN2O. The second kappa shape index (κ2) is 4.28. The van der Waals surface area contributed by atoms with Gasteiger partial charge in [-0.1, -0.05) is 0 Å². The third-order valence-corrected chi connectivity index (χ3v) is 1.70. The van der Waals surface area contributed by atoms with Gasteiger partial charge in [0, 0.05) is 17.3 Å². The van der Waals surface area contributed by atoms with Crippen molar-refractivity contribution in [3.05, 3.63) is 35.7 Å². The third-order valence-electron chi connectivity index (χ3n) is 1.70. The molecular weight excluding hydrogens is 183 g/mol. The van der Waals surface area contributed by atoms with Gasteiger partial charge >= 0.3 is 0 Å². The summed E-state index contributed by atoms with van der Waals surface area (Å²) < 4.78 is 17.7. The van der Waals surface area contributed by atoms with Crippen LogP contribution in [0.1, 0.15) is 5.56 Å². The van der Waals surface area contributed by atoms with Gasteiger partial charge in [0.05, 0.1) is 13.2 Å². The Morgan fingerprint density at radius 2 is 2.36 bits per heavy atom. The van der Waals surface area contributed by atoms with Crippen molar-refractivity contribution < 1.29 is 9.13 Å². The van der Waals surface area contributed by atoms with Gasteiger partial charge in [-0.25, -0.2) is 4.39 Å². The number of benzene rings is 1. The van der Waals surface area contributed by atoms with Crippen LogP contribution in [0.25, 0.3) is 5.70 Å². The molecule has 1 aromatic rings. The van der Waals surface area contributed by atoms with Crippen LogP contribution in [0.15, 0.2) is 24.3 Å². The Balaban J connectivity index is 3.14. The summed E-state index contributed by atoms with van der Waals surface area (Å²) in [5.74, 6) is -0.349. The Morgan fingerprint density at radius 3 is 2.93 bits per heavy atom. The molecule has 1 aromatic carbocycles. The summed E-state index contributed by atoms with van der Waals surface area (Å²) in [6.07, 6.45) is 1.19. The second-order valence-corrected chi connectivity index (χ2v) is 2.58. The minimum atomic E-state index is -0.457. The SMILES string of the molecule is COc1cc(/C(N)=C/C#N)ccc1F. The van der Waals surface area contributed by atoms with E-state index in [4.69, 9.17) is 15.7 Å². The van der Waals surface area contributed by atoms with Gasteiger partial charge in [-0.3, -0.25) is 0 Å². The summed E-state index contributed by atoms with van der Waals surface area (Å²) in [6, 6.07) is 5.97. The lowest BCUT2D eigenvalue weighted by Gasteiger charge is -2.04. The molecule has 0 heterocycles. The molecule has 0 unspecified atom stereocenters. The number of ether oxygens (including phenoxy) is 1. The average Bonchev–Trinajstić information content (AvgIpc) is 2.19. The Labute approximate surface area is 81.2 Å². The number of hydrogen-bond donors (Lipinski definition) is 1. The maximum absolute atomic E-state index is 13.0. The first-order valence-electron chi connectivity index (χ1n) is 3.88. The fraction of sp³-hybridized carbons (Fsp3) is 0.100. The van der Waals surface area contributed by atoms with E-state index in [2.05, 4.69) is 0 Å². The maximum Gasteiger partial charge on any atom is 0.165 e. The van der Waals surface area contributed by atoms with Gasteiger partial charge in [-0.05, 0) is 18.2 Å². The average molecular weight is 192 g/mol. The third kappa shape index (κ3) is 2.02. The Morgan fingerprint density at radius 1 is 1.64 bits per heavy atom. The smallest absolute Gasteiger partial charge is 0.165 e. The van der Waals surface area contributed by atoms with Crippen LogP contribution in [-0.4, -0.2) is 7.11 Å². The highest BCUT2D eigenvalue weighted by Gasteiger charge is 2.04. The molecule has 0 aliphatic heterocycles. The standard InChI is InChI=1S/C10H9FN2O/c1-14-10-6-7(2-3-8(10)11)9(13)4-5-12/h2-4,6H,13H2,1H3/b9-4-. The highest BCUT2D eigenvalue weighted by molar-refractivity contribution is 5.65. The van der Waals surface area contributed by atoms with Crippen LogP contribution in [0.2, 0.25) is 0 Å². The second-order valence-electron chi connectivity index (χ2n) is 2.58. The van der Waals surface area contributed by atoms with E-state index < -0.39 is 5.82 Å². The van der Waals surface area contributed by atoms with Gasteiger partial charge in [0.15, 0.2) is 11.6 Å².